The maximum absolute atomic E-state index is 12.5. The van der Waals surface area contributed by atoms with Gasteiger partial charge in [0.2, 0.25) is 5.91 Å². The third-order valence-corrected chi connectivity index (χ3v) is 5.56. The van der Waals surface area contributed by atoms with E-state index in [-0.39, 0.29) is 17.2 Å². The molecule has 4 aromatic rings. The zero-order valence-electron chi connectivity index (χ0n) is 17.7. The third-order valence-electron chi connectivity index (χ3n) is 4.69. The second kappa shape index (κ2) is 9.15. The topological polar surface area (TPSA) is 111 Å². The molecule has 2 aromatic heterocycles. The highest BCUT2D eigenvalue weighted by Gasteiger charge is 2.14. The monoisotopic (exact) mass is 451 g/mol. The van der Waals surface area contributed by atoms with Crippen molar-refractivity contribution in [3.63, 3.8) is 0 Å². The van der Waals surface area contributed by atoms with Gasteiger partial charge in [0.25, 0.3) is 5.56 Å². The van der Waals surface area contributed by atoms with Crippen LogP contribution in [0.4, 0.5) is 5.69 Å². The molecule has 0 radical (unpaired) electrons. The van der Waals surface area contributed by atoms with Crippen molar-refractivity contribution in [2.45, 2.75) is 12.1 Å². The summed E-state index contributed by atoms with van der Waals surface area (Å²) in [5.74, 6) is 0.878. The Morgan fingerprint density at radius 1 is 1.19 bits per heavy atom. The molecule has 0 aliphatic rings. The summed E-state index contributed by atoms with van der Waals surface area (Å²) in [6, 6.07) is 12.9. The number of nitrogens with zero attached hydrogens (tertiary/aromatic N) is 3. The summed E-state index contributed by atoms with van der Waals surface area (Å²) in [5, 5.41) is 7.82. The summed E-state index contributed by atoms with van der Waals surface area (Å²) in [7, 11) is 3.07. The van der Waals surface area contributed by atoms with Crippen molar-refractivity contribution in [3.05, 3.63) is 64.6 Å². The van der Waals surface area contributed by atoms with Crippen LogP contribution in [0.25, 0.3) is 16.7 Å². The third kappa shape index (κ3) is 4.45. The van der Waals surface area contributed by atoms with Gasteiger partial charge in [-0.3, -0.25) is 9.59 Å². The average molecular weight is 452 g/mol. The molecule has 0 aliphatic carbocycles. The highest BCUT2D eigenvalue weighted by molar-refractivity contribution is 7.99. The van der Waals surface area contributed by atoms with Crippen LogP contribution in [0, 0.1) is 6.92 Å². The number of ether oxygens (including phenoxy) is 2. The molecule has 9 nitrogen and oxygen atoms in total. The van der Waals surface area contributed by atoms with Crippen LogP contribution >= 0.6 is 11.8 Å². The molecule has 0 saturated heterocycles. The molecule has 10 heteroatoms. The smallest absolute Gasteiger partial charge is 0.262 e. The van der Waals surface area contributed by atoms with Crippen LogP contribution in [0.5, 0.6) is 11.5 Å². The minimum Gasteiger partial charge on any atom is -0.497 e. The van der Waals surface area contributed by atoms with E-state index in [1.807, 2.05) is 31.2 Å². The second-order valence-corrected chi connectivity index (χ2v) is 7.87. The van der Waals surface area contributed by atoms with Crippen molar-refractivity contribution in [2.75, 3.05) is 25.3 Å². The number of aryl methyl sites for hydroxylation is 1. The quantitative estimate of drug-likeness (QED) is 0.328. The van der Waals surface area contributed by atoms with Gasteiger partial charge in [-0.1, -0.05) is 23.9 Å². The van der Waals surface area contributed by atoms with Gasteiger partial charge >= 0.3 is 0 Å². The largest absolute Gasteiger partial charge is 0.497 e. The Kier molecular flexibility index (Phi) is 6.13. The normalized spacial score (nSPS) is 10.8. The molecule has 2 heterocycles. The zero-order valence-corrected chi connectivity index (χ0v) is 18.5. The van der Waals surface area contributed by atoms with Gasteiger partial charge in [-0.15, -0.1) is 0 Å². The van der Waals surface area contributed by atoms with Gasteiger partial charge in [-0.2, -0.15) is 5.10 Å². The molecule has 2 N–H and O–H groups in total. The SMILES string of the molecule is COc1ccc(NC(=O)CSc2nc3c(cnn3-c3cccc(C)c3)c(=O)[nH]2)c(OC)c1. The lowest BCUT2D eigenvalue weighted by molar-refractivity contribution is -0.113. The molecular weight excluding hydrogens is 430 g/mol. The number of thioether (sulfide) groups is 1. The van der Waals surface area contributed by atoms with Crippen molar-refractivity contribution in [3.8, 4) is 17.2 Å². The van der Waals surface area contributed by atoms with E-state index < -0.39 is 0 Å². The molecule has 1 amide bonds. The van der Waals surface area contributed by atoms with E-state index in [2.05, 4.69) is 20.4 Å². The number of methoxy groups -OCH3 is 2. The van der Waals surface area contributed by atoms with Crippen LogP contribution in [0.2, 0.25) is 0 Å². The van der Waals surface area contributed by atoms with Crippen molar-refractivity contribution >= 4 is 34.4 Å². The van der Waals surface area contributed by atoms with Gasteiger partial charge < -0.3 is 19.8 Å². The number of fused-ring (bicyclic) bond motifs is 1. The molecule has 0 spiro atoms. The Morgan fingerprint density at radius 3 is 2.78 bits per heavy atom. The summed E-state index contributed by atoms with van der Waals surface area (Å²) in [6.07, 6.45) is 1.49. The lowest BCUT2D eigenvalue weighted by Crippen LogP contribution is -2.16. The molecule has 164 valence electrons. The van der Waals surface area contributed by atoms with E-state index in [1.54, 1.807) is 30.0 Å². The molecule has 0 atom stereocenters. The van der Waals surface area contributed by atoms with Crippen molar-refractivity contribution < 1.29 is 14.3 Å². The number of nitrogens with one attached hydrogen (secondary N) is 2. The Morgan fingerprint density at radius 2 is 2.03 bits per heavy atom. The van der Waals surface area contributed by atoms with Gasteiger partial charge in [0.05, 0.1) is 37.5 Å². The second-order valence-electron chi connectivity index (χ2n) is 6.91. The predicted octanol–water partition coefficient (Wildman–Crippen LogP) is 3.17. The van der Waals surface area contributed by atoms with Gasteiger partial charge in [0.15, 0.2) is 10.8 Å². The number of amides is 1. The number of rotatable bonds is 7. The van der Waals surface area contributed by atoms with E-state index in [0.29, 0.717) is 33.4 Å². The first-order chi connectivity index (χ1) is 15.5. The maximum Gasteiger partial charge on any atom is 0.262 e. The van der Waals surface area contributed by atoms with Crippen LogP contribution in [0.3, 0.4) is 0 Å². The van der Waals surface area contributed by atoms with Crippen LogP contribution in [0.15, 0.2) is 58.6 Å². The number of aromatic nitrogens is 4. The fourth-order valence-corrected chi connectivity index (χ4v) is 3.79. The summed E-state index contributed by atoms with van der Waals surface area (Å²) < 4.78 is 12.1. The number of benzene rings is 2. The molecule has 0 unspecified atom stereocenters. The number of carbonyl (C=O) groups excluding carboxylic acids is 1. The van der Waals surface area contributed by atoms with Crippen LogP contribution < -0.4 is 20.3 Å². The van der Waals surface area contributed by atoms with Crippen LogP contribution in [0.1, 0.15) is 5.56 Å². The maximum atomic E-state index is 12.5. The molecule has 0 fully saturated rings. The molecule has 0 bridgehead atoms. The number of hydrogen-bond donors (Lipinski definition) is 2. The average Bonchev–Trinajstić information content (AvgIpc) is 3.22. The fourth-order valence-electron chi connectivity index (χ4n) is 3.14. The molecule has 0 saturated carbocycles. The lowest BCUT2D eigenvalue weighted by atomic mass is 10.2. The van der Waals surface area contributed by atoms with Gasteiger partial charge in [-0.25, -0.2) is 9.67 Å². The lowest BCUT2D eigenvalue weighted by Gasteiger charge is -2.11. The Balaban J connectivity index is 1.53. The first-order valence-electron chi connectivity index (χ1n) is 9.68. The minimum atomic E-state index is -0.311. The van der Waals surface area contributed by atoms with E-state index in [1.165, 1.54) is 13.3 Å². The number of H-pyrrole nitrogens is 1. The van der Waals surface area contributed by atoms with Crippen LogP contribution in [-0.4, -0.2) is 45.6 Å². The first kappa shape index (κ1) is 21.4. The zero-order chi connectivity index (χ0) is 22.7. The van der Waals surface area contributed by atoms with E-state index in [9.17, 15) is 9.59 Å². The summed E-state index contributed by atoms with van der Waals surface area (Å²) in [5.41, 5.74) is 2.51. The number of hydrogen-bond acceptors (Lipinski definition) is 7. The molecule has 32 heavy (non-hydrogen) atoms. The number of anilines is 1. The van der Waals surface area contributed by atoms with Crippen LogP contribution in [-0.2, 0) is 4.79 Å². The van der Waals surface area contributed by atoms with E-state index >= 15 is 0 Å². The first-order valence-corrected chi connectivity index (χ1v) is 10.7. The van der Waals surface area contributed by atoms with Gasteiger partial charge in [0.1, 0.15) is 16.9 Å². The van der Waals surface area contributed by atoms with Crippen molar-refractivity contribution in [1.82, 2.24) is 19.7 Å². The van der Waals surface area contributed by atoms with Gasteiger partial charge in [-0.05, 0) is 36.8 Å². The fraction of sp³-hybridized carbons (Fsp3) is 0.182. The van der Waals surface area contributed by atoms with E-state index in [0.717, 1.165) is 23.0 Å². The highest BCUT2D eigenvalue weighted by Crippen LogP contribution is 2.29. The summed E-state index contributed by atoms with van der Waals surface area (Å²) in [4.78, 5) is 32.2. The molecule has 4 rings (SSSR count). The summed E-state index contributed by atoms with van der Waals surface area (Å²) in [6.45, 7) is 1.98. The standard InChI is InChI=1S/C22H21N5O4S/c1-13-5-4-6-14(9-13)27-20-16(11-23-27)21(29)26-22(25-20)32-12-19(28)24-17-8-7-15(30-2)10-18(17)31-3/h4-11H,12H2,1-3H3,(H,24,28)(H,25,26,29). The highest BCUT2D eigenvalue weighted by atomic mass is 32.2. The predicted molar refractivity (Wildman–Crippen MR) is 123 cm³/mol. The van der Waals surface area contributed by atoms with Crippen molar-refractivity contribution in [2.24, 2.45) is 0 Å². The number of carbonyl (C=O) groups is 1. The molecule has 0 aliphatic heterocycles. The Labute approximate surface area is 187 Å². The van der Waals surface area contributed by atoms with Crippen molar-refractivity contribution in [1.29, 1.82) is 0 Å². The Hall–Kier alpha value is -3.79. The van der Waals surface area contributed by atoms with Gasteiger partial charge in [0, 0.05) is 6.07 Å². The number of aromatic amines is 1. The minimum absolute atomic E-state index is 0.0439. The Bertz CT molecular complexity index is 1350. The van der Waals surface area contributed by atoms with E-state index in [4.69, 9.17) is 9.47 Å². The summed E-state index contributed by atoms with van der Waals surface area (Å²) >= 11 is 1.12. The molecule has 2 aromatic carbocycles. The molecular formula is C22H21N5O4S.